The van der Waals surface area contributed by atoms with Crippen molar-refractivity contribution in [1.82, 2.24) is 0 Å². The fourth-order valence-corrected chi connectivity index (χ4v) is 1.28. The summed E-state index contributed by atoms with van der Waals surface area (Å²) in [4.78, 5) is 4.51. The Morgan fingerprint density at radius 2 is 2.00 bits per heavy atom. The standard InChI is InChI=1S/C9H9ClF3NO2/c1-5(16-14)6-2-3-8(7(10)4-6)15-9(11,12)13/h2-5H,14H2,1H3. The molecule has 0 aliphatic carbocycles. The highest BCUT2D eigenvalue weighted by molar-refractivity contribution is 6.32. The molecule has 0 saturated carbocycles. The highest BCUT2D eigenvalue weighted by Crippen LogP contribution is 2.32. The van der Waals surface area contributed by atoms with E-state index < -0.39 is 18.2 Å². The zero-order chi connectivity index (χ0) is 12.3. The van der Waals surface area contributed by atoms with Crippen molar-refractivity contribution in [2.75, 3.05) is 0 Å². The molecule has 1 aromatic rings. The fraction of sp³-hybridized carbons (Fsp3) is 0.333. The van der Waals surface area contributed by atoms with Crippen molar-refractivity contribution in [3.05, 3.63) is 28.8 Å². The normalized spacial score (nSPS) is 13.6. The van der Waals surface area contributed by atoms with Crippen LogP contribution >= 0.6 is 11.6 Å². The van der Waals surface area contributed by atoms with E-state index in [0.717, 1.165) is 6.07 Å². The zero-order valence-corrected chi connectivity index (χ0v) is 8.97. The third-order valence-corrected chi connectivity index (χ3v) is 2.15. The Labute approximate surface area is 94.8 Å². The first kappa shape index (κ1) is 13.1. The topological polar surface area (TPSA) is 44.5 Å². The lowest BCUT2D eigenvalue weighted by atomic mass is 10.1. The maximum absolute atomic E-state index is 11.9. The molecule has 1 rings (SSSR count). The van der Waals surface area contributed by atoms with Crippen LogP contribution in [0, 0.1) is 0 Å². The summed E-state index contributed by atoms with van der Waals surface area (Å²) < 4.78 is 39.5. The van der Waals surface area contributed by atoms with Crippen LogP contribution in [0.2, 0.25) is 5.02 Å². The maximum atomic E-state index is 11.9. The monoisotopic (exact) mass is 255 g/mol. The molecule has 0 saturated heterocycles. The third-order valence-electron chi connectivity index (χ3n) is 1.86. The van der Waals surface area contributed by atoms with Gasteiger partial charge in [0, 0.05) is 0 Å². The highest BCUT2D eigenvalue weighted by Gasteiger charge is 2.32. The van der Waals surface area contributed by atoms with Gasteiger partial charge in [-0.25, -0.2) is 5.90 Å². The lowest BCUT2D eigenvalue weighted by molar-refractivity contribution is -0.274. The van der Waals surface area contributed by atoms with Crippen LogP contribution in [0.1, 0.15) is 18.6 Å². The molecule has 0 fully saturated rings. The molecule has 3 nitrogen and oxygen atoms in total. The molecule has 2 N–H and O–H groups in total. The molecule has 0 aromatic heterocycles. The Hall–Kier alpha value is -0.980. The average Bonchev–Trinajstić information content (AvgIpc) is 2.18. The van der Waals surface area contributed by atoms with E-state index in [2.05, 4.69) is 9.57 Å². The molecule has 0 bridgehead atoms. The van der Waals surface area contributed by atoms with Crippen LogP contribution in [0.25, 0.3) is 0 Å². The van der Waals surface area contributed by atoms with Crippen LogP contribution < -0.4 is 10.6 Å². The smallest absolute Gasteiger partial charge is 0.404 e. The first-order chi connectivity index (χ1) is 7.33. The van der Waals surface area contributed by atoms with Crippen molar-refractivity contribution in [3.8, 4) is 5.75 Å². The maximum Gasteiger partial charge on any atom is 0.573 e. The zero-order valence-electron chi connectivity index (χ0n) is 8.22. The second-order valence-electron chi connectivity index (χ2n) is 3.02. The van der Waals surface area contributed by atoms with Crippen LogP contribution in [-0.2, 0) is 4.84 Å². The highest BCUT2D eigenvalue weighted by atomic mass is 35.5. The number of ether oxygens (including phenoxy) is 1. The molecule has 1 aromatic carbocycles. The lowest BCUT2D eigenvalue weighted by Crippen LogP contribution is -2.17. The first-order valence-electron chi connectivity index (χ1n) is 4.24. The molecule has 16 heavy (non-hydrogen) atoms. The molecule has 0 radical (unpaired) electrons. The summed E-state index contributed by atoms with van der Waals surface area (Å²) in [7, 11) is 0. The van der Waals surface area contributed by atoms with Crippen molar-refractivity contribution in [3.63, 3.8) is 0 Å². The summed E-state index contributed by atoms with van der Waals surface area (Å²) in [5.74, 6) is 4.48. The minimum atomic E-state index is -4.76. The van der Waals surface area contributed by atoms with Crippen molar-refractivity contribution >= 4 is 11.6 Å². The van der Waals surface area contributed by atoms with E-state index in [4.69, 9.17) is 17.5 Å². The molecule has 7 heteroatoms. The number of nitrogens with two attached hydrogens (primary N) is 1. The van der Waals surface area contributed by atoms with Crippen LogP contribution in [0.3, 0.4) is 0 Å². The van der Waals surface area contributed by atoms with Crippen molar-refractivity contribution in [2.24, 2.45) is 5.90 Å². The minimum absolute atomic E-state index is 0.154. The van der Waals surface area contributed by atoms with Crippen LogP contribution in [0.15, 0.2) is 18.2 Å². The fourth-order valence-electron chi connectivity index (χ4n) is 1.06. The third kappa shape index (κ3) is 3.55. The molecular weight excluding hydrogens is 247 g/mol. The van der Waals surface area contributed by atoms with Crippen LogP contribution in [-0.4, -0.2) is 6.36 Å². The summed E-state index contributed by atoms with van der Waals surface area (Å²) >= 11 is 5.62. The molecular formula is C9H9ClF3NO2. The summed E-state index contributed by atoms with van der Waals surface area (Å²) in [5.41, 5.74) is 0.557. The summed E-state index contributed by atoms with van der Waals surface area (Å²) in [6.45, 7) is 1.63. The SMILES string of the molecule is CC(ON)c1ccc(OC(F)(F)F)c(Cl)c1. The number of halogens is 4. The van der Waals surface area contributed by atoms with E-state index in [1.807, 2.05) is 0 Å². The van der Waals surface area contributed by atoms with Gasteiger partial charge >= 0.3 is 6.36 Å². The van der Waals surface area contributed by atoms with Gasteiger partial charge in [-0.2, -0.15) is 0 Å². The predicted molar refractivity (Wildman–Crippen MR) is 51.8 cm³/mol. The Kier molecular flexibility index (Phi) is 4.01. The molecule has 0 aliphatic heterocycles. The van der Waals surface area contributed by atoms with E-state index in [0.29, 0.717) is 5.56 Å². The van der Waals surface area contributed by atoms with E-state index >= 15 is 0 Å². The quantitative estimate of drug-likeness (QED) is 0.844. The van der Waals surface area contributed by atoms with E-state index in [1.54, 1.807) is 6.92 Å². The van der Waals surface area contributed by atoms with E-state index in [9.17, 15) is 13.2 Å². The second-order valence-corrected chi connectivity index (χ2v) is 3.42. The Bertz CT molecular complexity index is 370. The molecule has 90 valence electrons. The molecule has 1 atom stereocenters. The Morgan fingerprint density at radius 1 is 1.38 bits per heavy atom. The van der Waals surface area contributed by atoms with E-state index in [-0.39, 0.29) is 5.02 Å². The molecule has 0 amide bonds. The average molecular weight is 256 g/mol. The number of benzene rings is 1. The number of hydrogen-bond donors (Lipinski definition) is 1. The Balaban J connectivity index is 2.92. The number of rotatable bonds is 3. The van der Waals surface area contributed by atoms with E-state index in [1.165, 1.54) is 12.1 Å². The summed E-state index contributed by atoms with van der Waals surface area (Å²) in [5, 5.41) is -0.154. The lowest BCUT2D eigenvalue weighted by Gasteiger charge is -2.13. The molecule has 0 spiro atoms. The van der Waals surface area contributed by atoms with Crippen LogP contribution in [0.4, 0.5) is 13.2 Å². The van der Waals surface area contributed by atoms with Gasteiger partial charge in [-0.15, -0.1) is 13.2 Å². The number of alkyl halides is 3. The number of hydrogen-bond acceptors (Lipinski definition) is 3. The van der Waals surface area contributed by atoms with Gasteiger partial charge < -0.3 is 4.74 Å². The van der Waals surface area contributed by atoms with Gasteiger partial charge in [0.2, 0.25) is 0 Å². The van der Waals surface area contributed by atoms with Crippen molar-refractivity contribution in [2.45, 2.75) is 19.4 Å². The Morgan fingerprint density at radius 3 is 2.44 bits per heavy atom. The van der Waals surface area contributed by atoms with Gasteiger partial charge in [-0.3, -0.25) is 4.84 Å². The van der Waals surface area contributed by atoms with Gasteiger partial charge in [-0.05, 0) is 24.6 Å². The van der Waals surface area contributed by atoms with Gasteiger partial charge in [0.15, 0.2) is 0 Å². The first-order valence-corrected chi connectivity index (χ1v) is 4.62. The summed E-state index contributed by atoms with van der Waals surface area (Å²) in [6, 6.07) is 3.81. The predicted octanol–water partition coefficient (Wildman–Crippen LogP) is 3.19. The summed E-state index contributed by atoms with van der Waals surface area (Å²) in [6.07, 6.45) is -5.22. The van der Waals surface area contributed by atoms with Gasteiger partial charge in [0.1, 0.15) is 11.9 Å². The van der Waals surface area contributed by atoms with Gasteiger partial charge in [-0.1, -0.05) is 17.7 Å². The minimum Gasteiger partial charge on any atom is -0.404 e. The van der Waals surface area contributed by atoms with Gasteiger partial charge in [0.05, 0.1) is 5.02 Å². The molecule has 0 aliphatic rings. The molecule has 1 unspecified atom stereocenters. The largest absolute Gasteiger partial charge is 0.573 e. The molecule has 0 heterocycles. The van der Waals surface area contributed by atoms with Gasteiger partial charge in [0.25, 0.3) is 0 Å². The second kappa shape index (κ2) is 4.90. The van der Waals surface area contributed by atoms with Crippen molar-refractivity contribution < 1.29 is 22.7 Å². The van der Waals surface area contributed by atoms with Crippen LogP contribution in [0.5, 0.6) is 5.75 Å². The van der Waals surface area contributed by atoms with Crippen molar-refractivity contribution in [1.29, 1.82) is 0 Å².